The van der Waals surface area contributed by atoms with Gasteiger partial charge in [-0.2, -0.15) is 17.6 Å². The summed E-state index contributed by atoms with van der Waals surface area (Å²) >= 11 is 1.32. The van der Waals surface area contributed by atoms with Gasteiger partial charge in [-0.3, -0.25) is 4.90 Å². The van der Waals surface area contributed by atoms with Crippen LogP contribution >= 0.6 is 11.3 Å². The zero-order valence-electron chi connectivity index (χ0n) is 20.1. The van der Waals surface area contributed by atoms with Crippen molar-refractivity contribution in [2.24, 2.45) is 0 Å². The first-order valence-corrected chi connectivity index (χ1v) is 12.0. The van der Waals surface area contributed by atoms with E-state index >= 15 is 0 Å². The molecule has 13 heteroatoms. The summed E-state index contributed by atoms with van der Waals surface area (Å²) < 4.78 is 53.8. The maximum Gasteiger partial charge on any atom is 0.434 e. The lowest BCUT2D eigenvalue weighted by molar-refractivity contribution is -0.141. The number of pyridine rings is 1. The van der Waals surface area contributed by atoms with Gasteiger partial charge in [0.2, 0.25) is 5.95 Å². The molecule has 0 aliphatic carbocycles. The van der Waals surface area contributed by atoms with E-state index in [2.05, 4.69) is 20.3 Å². The molecule has 4 aromatic rings. The summed E-state index contributed by atoms with van der Waals surface area (Å²) in [6.45, 7) is 5.17. The molecule has 0 aliphatic rings. The van der Waals surface area contributed by atoms with Gasteiger partial charge in [-0.25, -0.2) is 19.7 Å². The number of alkyl halides is 3. The summed E-state index contributed by atoms with van der Waals surface area (Å²) in [6.07, 6.45) is -0.806. The molecule has 196 valence electrons. The molecule has 0 fully saturated rings. The van der Waals surface area contributed by atoms with E-state index in [1.54, 1.807) is 27.0 Å². The molecule has 0 spiro atoms. The van der Waals surface area contributed by atoms with Crippen molar-refractivity contribution in [1.82, 2.24) is 24.4 Å². The molecule has 3 aromatic heterocycles. The van der Waals surface area contributed by atoms with Crippen molar-refractivity contribution >= 4 is 33.3 Å². The second-order valence-corrected chi connectivity index (χ2v) is 10.4. The lowest BCUT2D eigenvalue weighted by Gasteiger charge is -2.39. The number of carboxylic acid groups (broad SMARTS) is 1. The number of hydrogen-bond acceptors (Lipinski definition) is 6. The lowest BCUT2D eigenvalue weighted by Crippen LogP contribution is -2.54. The normalized spacial score (nSPS) is 13.1. The Morgan fingerprint density at radius 2 is 1.89 bits per heavy atom. The van der Waals surface area contributed by atoms with Gasteiger partial charge in [0, 0.05) is 48.7 Å². The van der Waals surface area contributed by atoms with Crippen molar-refractivity contribution in [3.05, 3.63) is 60.8 Å². The van der Waals surface area contributed by atoms with Crippen LogP contribution in [0.15, 0.2) is 49.2 Å². The number of benzene rings is 1. The van der Waals surface area contributed by atoms with Crippen LogP contribution in [0.1, 0.15) is 26.5 Å². The average molecular weight is 537 g/mol. The minimum Gasteiger partial charge on any atom is -0.465 e. The number of anilines is 1. The average Bonchev–Trinajstić information content (AvgIpc) is 3.45. The highest BCUT2D eigenvalue weighted by Crippen LogP contribution is 2.32. The van der Waals surface area contributed by atoms with Crippen molar-refractivity contribution in [3.8, 4) is 10.4 Å². The van der Waals surface area contributed by atoms with Gasteiger partial charge < -0.3 is 15.0 Å². The van der Waals surface area contributed by atoms with Gasteiger partial charge >= 0.3 is 12.3 Å². The molecule has 2 N–H and O–H groups in total. The summed E-state index contributed by atoms with van der Waals surface area (Å²) in [5.41, 5.74) is -1.05. The molecule has 0 saturated heterocycles. The maximum atomic E-state index is 13.5. The highest BCUT2D eigenvalue weighted by molar-refractivity contribution is 7.18. The molecule has 0 radical (unpaired) electrons. The van der Waals surface area contributed by atoms with E-state index in [-0.39, 0.29) is 13.1 Å². The van der Waals surface area contributed by atoms with Crippen LogP contribution in [0.25, 0.3) is 21.2 Å². The minimum atomic E-state index is -4.60. The molecule has 0 saturated carbocycles. The van der Waals surface area contributed by atoms with Gasteiger partial charge in [0.25, 0.3) is 0 Å². The first-order chi connectivity index (χ1) is 17.3. The smallest absolute Gasteiger partial charge is 0.434 e. The predicted molar refractivity (Wildman–Crippen MR) is 132 cm³/mol. The summed E-state index contributed by atoms with van der Waals surface area (Å²) in [6, 6.07) is 6.12. The van der Waals surface area contributed by atoms with E-state index in [1.165, 1.54) is 33.1 Å². The quantitative estimate of drug-likeness (QED) is 0.223. The second-order valence-electron chi connectivity index (χ2n) is 9.41. The Bertz CT molecular complexity index is 1410. The first-order valence-electron chi connectivity index (χ1n) is 11.2. The molecule has 0 bridgehead atoms. The highest BCUT2D eigenvalue weighted by Gasteiger charge is 2.36. The van der Waals surface area contributed by atoms with E-state index in [4.69, 9.17) is 0 Å². The maximum absolute atomic E-state index is 13.5. The molecule has 1 atom stereocenters. The fourth-order valence-corrected chi connectivity index (χ4v) is 4.86. The van der Waals surface area contributed by atoms with Crippen molar-refractivity contribution in [3.63, 3.8) is 0 Å². The Kier molecular flexibility index (Phi) is 7.09. The van der Waals surface area contributed by atoms with Crippen LogP contribution in [0.5, 0.6) is 0 Å². The van der Waals surface area contributed by atoms with Crippen molar-refractivity contribution < 1.29 is 27.5 Å². The predicted octanol–water partition coefficient (Wildman–Crippen LogP) is 5.97. The number of thiazole rings is 1. The number of carbonyl (C=O) groups is 1. The van der Waals surface area contributed by atoms with Gasteiger partial charge in [-0.1, -0.05) is 23.5 Å². The summed E-state index contributed by atoms with van der Waals surface area (Å²) in [5.74, 6) is -0.579. The molecule has 1 amide bonds. The fraction of sp³-hybridized carbons (Fsp3) is 0.333. The fourth-order valence-electron chi connectivity index (χ4n) is 4.04. The van der Waals surface area contributed by atoms with Crippen molar-refractivity contribution in [2.45, 2.75) is 45.1 Å². The number of halogens is 4. The number of nitrogens with one attached hydrogen (secondary N) is 1. The number of imidazole rings is 1. The van der Waals surface area contributed by atoms with E-state index in [1.807, 2.05) is 18.2 Å². The Balaban J connectivity index is 1.55. The van der Waals surface area contributed by atoms with Crippen LogP contribution in [0.2, 0.25) is 0 Å². The van der Waals surface area contributed by atoms with Gasteiger partial charge in [0.05, 0.1) is 17.2 Å². The number of hydrogen-bond donors (Lipinski definition) is 2. The van der Waals surface area contributed by atoms with E-state index in [0.717, 1.165) is 28.4 Å². The number of aromatic nitrogens is 4. The molecule has 3 heterocycles. The highest BCUT2D eigenvalue weighted by atomic mass is 32.1. The monoisotopic (exact) mass is 536 g/mol. The third kappa shape index (κ3) is 6.16. The van der Waals surface area contributed by atoms with E-state index in [9.17, 15) is 27.5 Å². The molecule has 8 nitrogen and oxygen atoms in total. The molecule has 0 aliphatic heterocycles. The molecule has 0 unspecified atom stereocenters. The van der Waals surface area contributed by atoms with Crippen LogP contribution in [0.4, 0.5) is 27.5 Å². The van der Waals surface area contributed by atoms with Crippen molar-refractivity contribution in [1.29, 1.82) is 0 Å². The van der Waals surface area contributed by atoms with Gasteiger partial charge in [-0.05, 0) is 37.8 Å². The number of rotatable bonds is 7. The Hall–Kier alpha value is -3.74. The number of amides is 1. The second kappa shape index (κ2) is 9.96. The minimum absolute atomic E-state index is 0.0534. The van der Waals surface area contributed by atoms with Crippen LogP contribution in [0.3, 0.4) is 0 Å². The Morgan fingerprint density at radius 3 is 2.54 bits per heavy atom. The van der Waals surface area contributed by atoms with Crippen LogP contribution in [-0.4, -0.2) is 53.7 Å². The molecular weight excluding hydrogens is 512 g/mol. The Morgan fingerprint density at radius 1 is 1.14 bits per heavy atom. The summed E-state index contributed by atoms with van der Waals surface area (Å²) in [7, 11) is 0. The number of fused-ring (bicyclic) bond motifs is 1. The van der Waals surface area contributed by atoms with Crippen LogP contribution in [-0.2, 0) is 12.7 Å². The zero-order chi connectivity index (χ0) is 27.0. The van der Waals surface area contributed by atoms with Gasteiger partial charge in [-0.15, -0.1) is 0 Å². The Labute approximate surface area is 213 Å². The third-order valence-electron chi connectivity index (χ3n) is 5.61. The van der Waals surface area contributed by atoms with E-state index < -0.39 is 35.5 Å². The summed E-state index contributed by atoms with van der Waals surface area (Å²) in [5, 5.41) is 15.0. The standard InChI is InChI=1S/C24H24F4N6O2S/c1-23(2,3)34(22(35)36)17(11-33-12-19(32-13-33)24(26,27)28)9-30-21-31-10-18(37-21)14-4-5-15-8-29-20(25)7-16(15)6-14/h4-8,10,12-13,17H,9,11H2,1-3H3,(H,30,31)(H,35,36)/t17-/m1/s1. The molecule has 4 rings (SSSR count). The number of nitrogens with zero attached hydrogens (tertiary/aromatic N) is 5. The van der Waals surface area contributed by atoms with Gasteiger partial charge in [0.1, 0.15) is 0 Å². The molecule has 1 aromatic carbocycles. The third-order valence-corrected chi connectivity index (χ3v) is 6.61. The first kappa shape index (κ1) is 26.3. The molecular formula is C24H24F4N6O2S. The summed E-state index contributed by atoms with van der Waals surface area (Å²) in [4.78, 5) is 25.5. The largest absolute Gasteiger partial charge is 0.465 e. The lowest BCUT2D eigenvalue weighted by atomic mass is 10.0. The zero-order valence-corrected chi connectivity index (χ0v) is 20.9. The molecule has 37 heavy (non-hydrogen) atoms. The van der Waals surface area contributed by atoms with E-state index in [0.29, 0.717) is 10.5 Å². The van der Waals surface area contributed by atoms with Crippen LogP contribution in [0, 0.1) is 5.95 Å². The SMILES string of the molecule is CC(C)(C)N(C(=O)O)[C@H](CNc1ncc(-c2ccc3cnc(F)cc3c2)s1)Cn1cnc(C(F)(F)F)c1. The van der Waals surface area contributed by atoms with Gasteiger partial charge in [0.15, 0.2) is 10.8 Å². The van der Waals surface area contributed by atoms with Crippen LogP contribution < -0.4 is 5.32 Å². The topological polar surface area (TPSA) is 96.2 Å². The van der Waals surface area contributed by atoms with Crippen molar-refractivity contribution in [2.75, 3.05) is 11.9 Å².